The zero-order valence-electron chi connectivity index (χ0n) is 8.77. The van der Waals surface area contributed by atoms with Crippen LogP contribution >= 0.6 is 11.8 Å². The fraction of sp³-hybridized carbons (Fsp3) is 0.0769. The van der Waals surface area contributed by atoms with Crippen LogP contribution in [-0.4, -0.2) is 11.4 Å². The fourth-order valence-corrected chi connectivity index (χ4v) is 1.92. The Labute approximate surface area is 97.9 Å². The van der Waals surface area contributed by atoms with Gasteiger partial charge in [0.2, 0.25) is 0 Å². The van der Waals surface area contributed by atoms with Crippen LogP contribution in [0.5, 0.6) is 5.75 Å². The van der Waals surface area contributed by atoms with Crippen molar-refractivity contribution in [2.45, 2.75) is 4.90 Å². The summed E-state index contributed by atoms with van der Waals surface area (Å²) in [6.07, 6.45) is 2.00. The van der Waals surface area contributed by atoms with Gasteiger partial charge in [0, 0.05) is 16.5 Å². The summed E-state index contributed by atoms with van der Waals surface area (Å²) >= 11 is 1.65. The summed E-state index contributed by atoms with van der Waals surface area (Å²) in [4.78, 5) is 1.14. The van der Waals surface area contributed by atoms with E-state index in [1.54, 1.807) is 17.8 Å². The predicted octanol–water partition coefficient (Wildman–Crippen LogP) is 3.92. The topological polar surface area (TPSA) is 20.2 Å². The van der Waals surface area contributed by atoms with Crippen molar-refractivity contribution >= 4 is 11.8 Å². The smallest absolute Gasteiger partial charge is 0.134 e. The third kappa shape index (κ3) is 2.19. The maximum atomic E-state index is 13.6. The minimum Gasteiger partial charge on any atom is -0.508 e. The second kappa shape index (κ2) is 4.58. The largest absolute Gasteiger partial charge is 0.508 e. The second-order valence-electron chi connectivity index (χ2n) is 3.39. The van der Waals surface area contributed by atoms with Gasteiger partial charge < -0.3 is 5.11 Å². The van der Waals surface area contributed by atoms with Gasteiger partial charge in [-0.25, -0.2) is 4.39 Å². The Balaban J connectivity index is 2.42. The van der Waals surface area contributed by atoms with Crippen molar-refractivity contribution in [3.8, 4) is 16.9 Å². The summed E-state index contributed by atoms with van der Waals surface area (Å²) in [6, 6.07) is 11.8. The molecule has 0 amide bonds. The number of thioether (sulfide) groups is 1. The highest BCUT2D eigenvalue weighted by molar-refractivity contribution is 7.98. The van der Waals surface area contributed by atoms with Gasteiger partial charge in [0.25, 0.3) is 0 Å². The summed E-state index contributed by atoms with van der Waals surface area (Å²) < 4.78 is 13.6. The van der Waals surface area contributed by atoms with Gasteiger partial charge >= 0.3 is 0 Å². The molecule has 0 heterocycles. The summed E-state index contributed by atoms with van der Waals surface area (Å²) in [5, 5.41) is 9.12. The molecule has 0 atom stereocenters. The summed E-state index contributed by atoms with van der Waals surface area (Å²) in [6.45, 7) is 0. The third-order valence-corrected chi connectivity index (χ3v) is 3.10. The van der Waals surface area contributed by atoms with Crippen LogP contribution in [-0.2, 0) is 0 Å². The van der Waals surface area contributed by atoms with Gasteiger partial charge in [-0.15, -0.1) is 11.8 Å². The molecule has 2 rings (SSSR count). The first-order valence-electron chi connectivity index (χ1n) is 4.83. The van der Waals surface area contributed by atoms with Gasteiger partial charge in [-0.2, -0.15) is 0 Å². The van der Waals surface area contributed by atoms with E-state index >= 15 is 0 Å². The molecule has 1 N–H and O–H groups in total. The van der Waals surface area contributed by atoms with Gasteiger partial charge in [0.15, 0.2) is 0 Å². The molecule has 3 heteroatoms. The van der Waals surface area contributed by atoms with Gasteiger partial charge in [0.1, 0.15) is 11.6 Å². The van der Waals surface area contributed by atoms with E-state index in [1.165, 1.54) is 6.07 Å². The van der Waals surface area contributed by atoms with Crippen LogP contribution in [0.15, 0.2) is 47.4 Å². The molecule has 0 bridgehead atoms. The molecule has 0 fully saturated rings. The number of rotatable bonds is 2. The predicted molar refractivity (Wildman–Crippen MR) is 65.3 cm³/mol. The average molecular weight is 234 g/mol. The first-order chi connectivity index (χ1) is 7.70. The van der Waals surface area contributed by atoms with E-state index in [-0.39, 0.29) is 5.75 Å². The van der Waals surface area contributed by atoms with Crippen LogP contribution in [0.3, 0.4) is 0 Å². The van der Waals surface area contributed by atoms with E-state index in [1.807, 2.05) is 30.5 Å². The molecule has 2 aromatic carbocycles. The minimum absolute atomic E-state index is 0.0537. The lowest BCUT2D eigenvalue weighted by Gasteiger charge is -2.04. The molecule has 0 spiro atoms. The molecule has 1 nitrogen and oxygen atoms in total. The number of hydrogen-bond acceptors (Lipinski definition) is 2. The molecule has 0 aliphatic heterocycles. The molecule has 0 radical (unpaired) electrons. The highest BCUT2D eigenvalue weighted by atomic mass is 32.2. The van der Waals surface area contributed by atoms with E-state index in [0.717, 1.165) is 16.5 Å². The fourth-order valence-electron chi connectivity index (χ4n) is 1.51. The van der Waals surface area contributed by atoms with Crippen LogP contribution in [0.4, 0.5) is 4.39 Å². The molecule has 0 aromatic heterocycles. The van der Waals surface area contributed by atoms with Gasteiger partial charge in [-0.05, 0) is 36.1 Å². The Morgan fingerprint density at radius 1 is 1.06 bits per heavy atom. The van der Waals surface area contributed by atoms with Crippen molar-refractivity contribution in [3.63, 3.8) is 0 Å². The maximum Gasteiger partial charge on any atom is 0.134 e. The summed E-state index contributed by atoms with van der Waals surface area (Å²) in [5.74, 6) is -0.459. The highest BCUT2D eigenvalue weighted by Gasteiger charge is 2.05. The normalized spacial score (nSPS) is 10.4. The number of aromatic hydroxyl groups is 1. The SMILES string of the molecule is CSc1ccc(-c2ccc(O)cc2F)cc1. The van der Waals surface area contributed by atoms with E-state index in [9.17, 15) is 4.39 Å². The summed E-state index contributed by atoms with van der Waals surface area (Å²) in [5.41, 5.74) is 1.32. The first-order valence-corrected chi connectivity index (χ1v) is 6.06. The molecule has 0 saturated heterocycles. The van der Waals surface area contributed by atoms with E-state index in [2.05, 4.69) is 0 Å². The second-order valence-corrected chi connectivity index (χ2v) is 4.27. The highest BCUT2D eigenvalue weighted by Crippen LogP contribution is 2.27. The van der Waals surface area contributed by atoms with E-state index < -0.39 is 5.82 Å². The van der Waals surface area contributed by atoms with Crippen molar-refractivity contribution in [1.82, 2.24) is 0 Å². The molecule has 0 aliphatic rings. The number of benzene rings is 2. The first kappa shape index (κ1) is 11.0. The number of phenols is 1. The molecule has 82 valence electrons. The zero-order valence-corrected chi connectivity index (χ0v) is 9.59. The third-order valence-electron chi connectivity index (χ3n) is 2.35. The molecular formula is C13H11FOS. The van der Waals surface area contributed by atoms with E-state index in [0.29, 0.717) is 5.56 Å². The van der Waals surface area contributed by atoms with E-state index in [4.69, 9.17) is 5.11 Å². The average Bonchev–Trinajstić information content (AvgIpc) is 2.29. The number of phenolic OH excluding ortho intramolecular Hbond substituents is 1. The van der Waals surface area contributed by atoms with Crippen LogP contribution in [0.2, 0.25) is 0 Å². The number of halogens is 1. The lowest BCUT2D eigenvalue weighted by Crippen LogP contribution is -1.83. The van der Waals surface area contributed by atoms with Crippen LogP contribution in [0.25, 0.3) is 11.1 Å². The van der Waals surface area contributed by atoms with Crippen molar-refractivity contribution in [3.05, 3.63) is 48.3 Å². The Morgan fingerprint density at radius 2 is 1.75 bits per heavy atom. The zero-order chi connectivity index (χ0) is 11.5. The Kier molecular flexibility index (Phi) is 3.15. The minimum atomic E-state index is -0.406. The lowest BCUT2D eigenvalue weighted by atomic mass is 10.1. The Morgan fingerprint density at radius 3 is 2.31 bits per heavy atom. The molecule has 0 aliphatic carbocycles. The Hall–Kier alpha value is -1.48. The molecule has 0 unspecified atom stereocenters. The molecule has 2 aromatic rings. The van der Waals surface area contributed by atoms with Gasteiger partial charge in [-0.1, -0.05) is 12.1 Å². The van der Waals surface area contributed by atoms with Gasteiger partial charge in [0.05, 0.1) is 0 Å². The van der Waals surface area contributed by atoms with Crippen molar-refractivity contribution in [2.75, 3.05) is 6.26 Å². The summed E-state index contributed by atoms with van der Waals surface area (Å²) in [7, 11) is 0. The maximum absolute atomic E-state index is 13.6. The van der Waals surface area contributed by atoms with Crippen LogP contribution in [0, 0.1) is 5.82 Å². The quantitative estimate of drug-likeness (QED) is 0.795. The van der Waals surface area contributed by atoms with Crippen LogP contribution < -0.4 is 0 Å². The number of hydrogen-bond donors (Lipinski definition) is 1. The van der Waals surface area contributed by atoms with Crippen molar-refractivity contribution in [2.24, 2.45) is 0 Å². The van der Waals surface area contributed by atoms with Crippen molar-refractivity contribution < 1.29 is 9.50 Å². The van der Waals surface area contributed by atoms with Gasteiger partial charge in [-0.3, -0.25) is 0 Å². The molecule has 16 heavy (non-hydrogen) atoms. The van der Waals surface area contributed by atoms with Crippen LogP contribution in [0.1, 0.15) is 0 Å². The lowest BCUT2D eigenvalue weighted by molar-refractivity contribution is 0.469. The standard InChI is InChI=1S/C13H11FOS/c1-16-11-5-2-9(3-6-11)12-7-4-10(15)8-13(12)14/h2-8,15H,1H3. The molecular weight excluding hydrogens is 223 g/mol. The Bertz CT molecular complexity index is 494. The van der Waals surface area contributed by atoms with Crippen molar-refractivity contribution in [1.29, 1.82) is 0 Å². The monoisotopic (exact) mass is 234 g/mol. The molecule has 0 saturated carbocycles.